The molecule has 0 saturated heterocycles. The lowest BCUT2D eigenvalue weighted by molar-refractivity contribution is 0.414. The normalized spacial score (nSPS) is 11.4. The predicted molar refractivity (Wildman–Crippen MR) is 102 cm³/mol. The van der Waals surface area contributed by atoms with E-state index in [2.05, 4.69) is 20.2 Å². The van der Waals surface area contributed by atoms with E-state index in [1.807, 2.05) is 27.0 Å². The fourth-order valence-electron chi connectivity index (χ4n) is 3.25. The van der Waals surface area contributed by atoms with Gasteiger partial charge in [-0.15, -0.1) is 0 Å². The molecular formula is C19H20N6O2. The van der Waals surface area contributed by atoms with Gasteiger partial charge in [0, 0.05) is 47.0 Å². The summed E-state index contributed by atoms with van der Waals surface area (Å²) < 4.78 is 8.38. The standard InChI is InChI=1S/C19H20N6O2/c1-11(2)17-12(3)23-18-15(9-22-25(18)19(17)26)13-8-21-24(10-13)16-7-14(27-4)5-6-20-16/h5-11,22H,1-4H3. The van der Waals surface area contributed by atoms with Crippen LogP contribution in [0.15, 0.2) is 41.7 Å². The van der Waals surface area contributed by atoms with E-state index in [1.54, 1.807) is 42.5 Å². The first-order valence-corrected chi connectivity index (χ1v) is 8.65. The number of hydrogen-bond acceptors (Lipinski definition) is 5. The van der Waals surface area contributed by atoms with E-state index in [4.69, 9.17) is 4.74 Å². The Morgan fingerprint density at radius 3 is 2.85 bits per heavy atom. The second-order valence-corrected chi connectivity index (χ2v) is 6.64. The molecule has 4 heterocycles. The maximum Gasteiger partial charge on any atom is 0.276 e. The Bertz CT molecular complexity index is 1180. The molecular weight excluding hydrogens is 344 g/mol. The highest BCUT2D eigenvalue weighted by molar-refractivity contribution is 5.76. The highest BCUT2D eigenvalue weighted by Crippen LogP contribution is 2.25. The van der Waals surface area contributed by atoms with Gasteiger partial charge >= 0.3 is 0 Å². The van der Waals surface area contributed by atoms with Crippen molar-refractivity contribution in [3.63, 3.8) is 0 Å². The molecule has 0 bridgehead atoms. The molecule has 0 aromatic carbocycles. The van der Waals surface area contributed by atoms with Crippen molar-refractivity contribution in [2.24, 2.45) is 0 Å². The van der Waals surface area contributed by atoms with Crippen LogP contribution in [0.2, 0.25) is 0 Å². The molecule has 4 aromatic heterocycles. The number of nitrogens with one attached hydrogen (secondary N) is 1. The molecule has 1 N–H and O–H groups in total. The summed E-state index contributed by atoms with van der Waals surface area (Å²) in [6, 6.07) is 3.58. The third-order valence-corrected chi connectivity index (χ3v) is 4.55. The quantitative estimate of drug-likeness (QED) is 0.601. The molecule has 0 aliphatic heterocycles. The molecule has 0 unspecified atom stereocenters. The molecule has 4 rings (SSSR count). The van der Waals surface area contributed by atoms with E-state index in [-0.39, 0.29) is 11.5 Å². The first-order valence-electron chi connectivity index (χ1n) is 8.65. The number of rotatable bonds is 4. The molecule has 0 spiro atoms. The number of pyridine rings is 1. The highest BCUT2D eigenvalue weighted by atomic mass is 16.5. The number of fused-ring (bicyclic) bond motifs is 1. The monoisotopic (exact) mass is 364 g/mol. The summed E-state index contributed by atoms with van der Waals surface area (Å²) in [4.78, 5) is 21.8. The van der Waals surface area contributed by atoms with Crippen molar-refractivity contribution in [1.82, 2.24) is 29.4 Å². The van der Waals surface area contributed by atoms with E-state index >= 15 is 0 Å². The molecule has 8 heteroatoms. The summed E-state index contributed by atoms with van der Waals surface area (Å²) >= 11 is 0. The van der Waals surface area contributed by atoms with Crippen LogP contribution in [0, 0.1) is 6.92 Å². The van der Waals surface area contributed by atoms with Crippen molar-refractivity contribution in [2.45, 2.75) is 26.7 Å². The summed E-state index contributed by atoms with van der Waals surface area (Å²) in [5, 5.41) is 7.40. The fourth-order valence-corrected chi connectivity index (χ4v) is 3.25. The molecule has 0 radical (unpaired) electrons. The van der Waals surface area contributed by atoms with Crippen LogP contribution in [0.1, 0.15) is 31.0 Å². The van der Waals surface area contributed by atoms with Crippen molar-refractivity contribution in [1.29, 1.82) is 0 Å². The Hall–Kier alpha value is -3.42. The number of aryl methyl sites for hydroxylation is 1. The van der Waals surface area contributed by atoms with Gasteiger partial charge in [-0.1, -0.05) is 13.8 Å². The Morgan fingerprint density at radius 2 is 2.11 bits per heavy atom. The van der Waals surface area contributed by atoms with Crippen molar-refractivity contribution in [2.75, 3.05) is 7.11 Å². The van der Waals surface area contributed by atoms with Crippen LogP contribution < -0.4 is 10.3 Å². The smallest absolute Gasteiger partial charge is 0.276 e. The van der Waals surface area contributed by atoms with Gasteiger partial charge in [0.2, 0.25) is 0 Å². The number of aromatic amines is 1. The van der Waals surface area contributed by atoms with Gasteiger partial charge in [-0.05, 0) is 18.9 Å². The van der Waals surface area contributed by atoms with Crippen LogP contribution in [0.5, 0.6) is 5.75 Å². The van der Waals surface area contributed by atoms with Crippen LogP contribution in [0.3, 0.4) is 0 Å². The Labute approximate surface area is 155 Å². The summed E-state index contributed by atoms with van der Waals surface area (Å²) in [7, 11) is 1.61. The van der Waals surface area contributed by atoms with Crippen LogP contribution >= 0.6 is 0 Å². The van der Waals surface area contributed by atoms with Gasteiger partial charge in [-0.3, -0.25) is 9.89 Å². The Morgan fingerprint density at radius 1 is 1.30 bits per heavy atom. The molecule has 4 aromatic rings. The third-order valence-electron chi connectivity index (χ3n) is 4.55. The second kappa shape index (κ2) is 6.39. The van der Waals surface area contributed by atoms with Gasteiger partial charge in [-0.25, -0.2) is 19.2 Å². The molecule has 8 nitrogen and oxygen atoms in total. The van der Waals surface area contributed by atoms with Gasteiger partial charge in [0.25, 0.3) is 5.56 Å². The van der Waals surface area contributed by atoms with E-state index in [0.29, 0.717) is 17.2 Å². The van der Waals surface area contributed by atoms with Crippen LogP contribution in [0.4, 0.5) is 0 Å². The fraction of sp³-hybridized carbons (Fsp3) is 0.263. The van der Waals surface area contributed by atoms with Gasteiger partial charge in [0.1, 0.15) is 5.75 Å². The number of nitrogens with zero attached hydrogens (tertiary/aromatic N) is 5. The number of aromatic nitrogens is 6. The number of hydrogen-bond donors (Lipinski definition) is 1. The molecule has 138 valence electrons. The topological polar surface area (TPSA) is 90.1 Å². The minimum Gasteiger partial charge on any atom is -0.497 e. The Balaban J connectivity index is 1.82. The summed E-state index contributed by atoms with van der Waals surface area (Å²) in [5.74, 6) is 1.45. The number of H-pyrrole nitrogens is 1. The second-order valence-electron chi connectivity index (χ2n) is 6.64. The molecule has 0 amide bonds. The lowest BCUT2D eigenvalue weighted by Crippen LogP contribution is -2.22. The van der Waals surface area contributed by atoms with Gasteiger partial charge in [-0.2, -0.15) is 5.10 Å². The van der Waals surface area contributed by atoms with Gasteiger partial charge in [0.05, 0.1) is 13.3 Å². The summed E-state index contributed by atoms with van der Waals surface area (Å²) in [6.45, 7) is 5.86. The molecule has 0 fully saturated rings. The number of ether oxygens (including phenoxy) is 1. The molecule has 0 aliphatic carbocycles. The zero-order chi connectivity index (χ0) is 19.1. The summed E-state index contributed by atoms with van der Waals surface area (Å²) in [6.07, 6.45) is 7.01. The maximum atomic E-state index is 12.8. The van der Waals surface area contributed by atoms with E-state index in [9.17, 15) is 4.79 Å². The van der Waals surface area contributed by atoms with Crippen molar-refractivity contribution < 1.29 is 4.74 Å². The lowest BCUT2D eigenvalue weighted by Gasteiger charge is -2.08. The predicted octanol–water partition coefficient (Wildman–Crippen LogP) is 2.71. The third kappa shape index (κ3) is 2.79. The van der Waals surface area contributed by atoms with Gasteiger partial charge < -0.3 is 4.74 Å². The maximum absolute atomic E-state index is 12.8. The number of methoxy groups -OCH3 is 1. The zero-order valence-corrected chi connectivity index (χ0v) is 15.6. The molecule has 0 atom stereocenters. The zero-order valence-electron chi connectivity index (χ0n) is 15.6. The first-order chi connectivity index (χ1) is 13.0. The van der Waals surface area contributed by atoms with Crippen molar-refractivity contribution in [3.8, 4) is 22.7 Å². The highest BCUT2D eigenvalue weighted by Gasteiger charge is 2.17. The van der Waals surface area contributed by atoms with E-state index < -0.39 is 0 Å². The molecule has 0 aliphatic rings. The van der Waals surface area contributed by atoms with Gasteiger partial charge in [0.15, 0.2) is 11.5 Å². The van der Waals surface area contributed by atoms with E-state index in [1.165, 1.54) is 4.52 Å². The largest absolute Gasteiger partial charge is 0.497 e. The van der Waals surface area contributed by atoms with Crippen LogP contribution in [-0.4, -0.2) is 36.5 Å². The van der Waals surface area contributed by atoms with Crippen molar-refractivity contribution in [3.05, 3.63) is 58.5 Å². The lowest BCUT2D eigenvalue weighted by atomic mass is 10.0. The molecule has 27 heavy (non-hydrogen) atoms. The first kappa shape index (κ1) is 17.0. The van der Waals surface area contributed by atoms with E-state index in [0.717, 1.165) is 22.4 Å². The Kier molecular flexibility index (Phi) is 4.02. The minimum absolute atomic E-state index is 0.0689. The average Bonchev–Trinajstić information content (AvgIpc) is 3.28. The minimum atomic E-state index is -0.0689. The average molecular weight is 364 g/mol. The van der Waals surface area contributed by atoms with Crippen molar-refractivity contribution >= 4 is 5.65 Å². The molecule has 0 saturated carbocycles. The SMILES string of the molecule is COc1ccnc(-n2cc(-c3c[nH]n4c(=O)c(C(C)C)c(C)nc34)cn2)c1. The van der Waals surface area contributed by atoms with Crippen LogP contribution in [0.25, 0.3) is 22.6 Å². The van der Waals surface area contributed by atoms with Crippen LogP contribution in [-0.2, 0) is 0 Å². The summed E-state index contributed by atoms with van der Waals surface area (Å²) in [5.41, 5.74) is 3.62.